The Morgan fingerprint density at radius 2 is 2.06 bits per heavy atom. The highest BCUT2D eigenvalue weighted by Crippen LogP contribution is 2.31. The first-order chi connectivity index (χ1) is 8.61. The first-order valence-corrected chi connectivity index (χ1v) is 6.80. The summed E-state index contributed by atoms with van der Waals surface area (Å²) < 4.78 is 5.04. The molecule has 5 heteroatoms. The van der Waals surface area contributed by atoms with Crippen molar-refractivity contribution in [3.8, 4) is 0 Å². The molecule has 1 aromatic rings. The molecule has 0 aromatic carbocycles. The summed E-state index contributed by atoms with van der Waals surface area (Å²) in [5.41, 5.74) is 0.125. The number of hydrogen-bond donors (Lipinski definition) is 1. The SMILES string of the molecule is COCc1nc(Cl)cc(NC2(C)CCCCC2)n1. The third-order valence-electron chi connectivity index (χ3n) is 3.40. The number of aromatic nitrogens is 2. The van der Waals surface area contributed by atoms with Gasteiger partial charge >= 0.3 is 0 Å². The molecule has 1 aliphatic carbocycles. The van der Waals surface area contributed by atoms with Crippen LogP contribution in [0, 0.1) is 0 Å². The number of ether oxygens (including phenoxy) is 1. The Kier molecular flexibility index (Phi) is 4.40. The van der Waals surface area contributed by atoms with Crippen LogP contribution in [0.5, 0.6) is 0 Å². The van der Waals surface area contributed by atoms with Crippen molar-refractivity contribution in [3.05, 3.63) is 17.0 Å². The molecule has 18 heavy (non-hydrogen) atoms. The van der Waals surface area contributed by atoms with Gasteiger partial charge in [0.2, 0.25) is 0 Å². The molecule has 0 spiro atoms. The maximum atomic E-state index is 6.00. The Labute approximate surface area is 113 Å². The van der Waals surface area contributed by atoms with Gasteiger partial charge in [-0.3, -0.25) is 0 Å². The molecule has 4 nitrogen and oxygen atoms in total. The van der Waals surface area contributed by atoms with Gasteiger partial charge in [-0.05, 0) is 19.8 Å². The largest absolute Gasteiger partial charge is 0.377 e. The molecule has 1 saturated carbocycles. The van der Waals surface area contributed by atoms with Crippen LogP contribution in [0.25, 0.3) is 0 Å². The monoisotopic (exact) mass is 269 g/mol. The fraction of sp³-hybridized carbons (Fsp3) is 0.692. The highest BCUT2D eigenvalue weighted by molar-refractivity contribution is 6.29. The van der Waals surface area contributed by atoms with E-state index in [1.807, 2.05) is 0 Å². The minimum Gasteiger partial charge on any atom is -0.377 e. The van der Waals surface area contributed by atoms with Gasteiger partial charge in [0.1, 0.15) is 17.6 Å². The summed E-state index contributed by atoms with van der Waals surface area (Å²) in [6.07, 6.45) is 6.22. The predicted octanol–water partition coefficient (Wildman–Crippen LogP) is 3.41. The van der Waals surface area contributed by atoms with E-state index in [1.165, 1.54) is 32.1 Å². The molecule has 1 aromatic heterocycles. The first-order valence-electron chi connectivity index (χ1n) is 6.42. The summed E-state index contributed by atoms with van der Waals surface area (Å²) in [4.78, 5) is 8.56. The molecule has 1 heterocycles. The lowest BCUT2D eigenvalue weighted by atomic mass is 9.83. The van der Waals surface area contributed by atoms with E-state index < -0.39 is 0 Å². The van der Waals surface area contributed by atoms with Crippen molar-refractivity contribution in [1.82, 2.24) is 9.97 Å². The van der Waals surface area contributed by atoms with Crippen LogP contribution < -0.4 is 5.32 Å². The summed E-state index contributed by atoms with van der Waals surface area (Å²) in [6, 6.07) is 1.78. The van der Waals surface area contributed by atoms with Gasteiger partial charge in [0, 0.05) is 18.7 Å². The molecule has 0 unspecified atom stereocenters. The van der Waals surface area contributed by atoms with Crippen LogP contribution in [-0.2, 0) is 11.3 Å². The second kappa shape index (κ2) is 5.85. The molecule has 1 aliphatic rings. The summed E-state index contributed by atoms with van der Waals surface area (Å²) in [7, 11) is 1.62. The van der Waals surface area contributed by atoms with Crippen molar-refractivity contribution >= 4 is 17.4 Å². The molecular weight excluding hydrogens is 250 g/mol. The van der Waals surface area contributed by atoms with E-state index in [1.54, 1.807) is 13.2 Å². The van der Waals surface area contributed by atoms with E-state index in [0.29, 0.717) is 17.6 Å². The predicted molar refractivity (Wildman–Crippen MR) is 72.9 cm³/mol. The molecule has 0 aliphatic heterocycles. The fourth-order valence-corrected chi connectivity index (χ4v) is 2.69. The third-order valence-corrected chi connectivity index (χ3v) is 3.60. The minimum atomic E-state index is 0.125. The van der Waals surface area contributed by atoms with E-state index in [0.717, 1.165) is 5.82 Å². The van der Waals surface area contributed by atoms with Crippen molar-refractivity contribution in [3.63, 3.8) is 0 Å². The lowest BCUT2D eigenvalue weighted by Gasteiger charge is -2.35. The number of methoxy groups -OCH3 is 1. The Hall–Kier alpha value is -0.870. The molecule has 100 valence electrons. The summed E-state index contributed by atoms with van der Waals surface area (Å²) >= 11 is 6.00. The molecule has 0 radical (unpaired) electrons. The van der Waals surface area contributed by atoms with E-state index in [-0.39, 0.29) is 5.54 Å². The molecule has 0 amide bonds. The van der Waals surface area contributed by atoms with Gasteiger partial charge in [0.25, 0.3) is 0 Å². The van der Waals surface area contributed by atoms with E-state index >= 15 is 0 Å². The van der Waals surface area contributed by atoms with Crippen LogP contribution in [0.3, 0.4) is 0 Å². The van der Waals surface area contributed by atoms with Crippen molar-refractivity contribution < 1.29 is 4.74 Å². The highest BCUT2D eigenvalue weighted by Gasteiger charge is 2.27. The van der Waals surface area contributed by atoms with Crippen molar-refractivity contribution in [2.75, 3.05) is 12.4 Å². The van der Waals surface area contributed by atoms with Crippen LogP contribution in [0.2, 0.25) is 5.15 Å². The zero-order valence-electron chi connectivity index (χ0n) is 11.0. The van der Waals surface area contributed by atoms with Gasteiger partial charge in [-0.25, -0.2) is 9.97 Å². The number of rotatable bonds is 4. The van der Waals surface area contributed by atoms with Crippen LogP contribution >= 0.6 is 11.6 Å². The zero-order chi connectivity index (χ0) is 13.0. The first kappa shape index (κ1) is 13.6. The van der Waals surface area contributed by atoms with Gasteiger partial charge in [-0.2, -0.15) is 0 Å². The Balaban J connectivity index is 2.12. The van der Waals surface area contributed by atoms with Gasteiger partial charge in [-0.1, -0.05) is 30.9 Å². The number of nitrogens with zero attached hydrogens (tertiary/aromatic N) is 2. The van der Waals surface area contributed by atoms with Gasteiger partial charge in [0.05, 0.1) is 0 Å². The van der Waals surface area contributed by atoms with Gasteiger partial charge < -0.3 is 10.1 Å². The van der Waals surface area contributed by atoms with Crippen LogP contribution in [-0.4, -0.2) is 22.6 Å². The zero-order valence-corrected chi connectivity index (χ0v) is 11.8. The fourth-order valence-electron chi connectivity index (χ4n) is 2.49. The number of halogens is 1. The second-order valence-corrected chi connectivity index (χ2v) is 5.56. The third kappa shape index (κ3) is 3.56. The van der Waals surface area contributed by atoms with Crippen LogP contribution in [0.15, 0.2) is 6.07 Å². The Bertz CT molecular complexity index is 405. The molecule has 1 fully saturated rings. The molecule has 2 rings (SSSR count). The van der Waals surface area contributed by atoms with Gasteiger partial charge in [0.15, 0.2) is 5.82 Å². The number of nitrogens with one attached hydrogen (secondary N) is 1. The standard InChI is InChI=1S/C13H20ClN3O/c1-13(6-4-3-5-7-13)17-11-8-10(14)15-12(16-11)9-18-2/h8H,3-7,9H2,1-2H3,(H,15,16,17). The number of hydrogen-bond acceptors (Lipinski definition) is 4. The Morgan fingerprint density at radius 3 is 2.72 bits per heavy atom. The smallest absolute Gasteiger partial charge is 0.158 e. The molecule has 0 saturated heterocycles. The van der Waals surface area contributed by atoms with Crippen molar-refractivity contribution in [2.45, 2.75) is 51.2 Å². The molecule has 0 bridgehead atoms. The topological polar surface area (TPSA) is 47.0 Å². The summed E-state index contributed by atoms with van der Waals surface area (Å²) in [5.74, 6) is 1.42. The lowest BCUT2D eigenvalue weighted by molar-refractivity contribution is 0.178. The molecular formula is C13H20ClN3O. The van der Waals surface area contributed by atoms with Crippen molar-refractivity contribution in [2.24, 2.45) is 0 Å². The van der Waals surface area contributed by atoms with Crippen LogP contribution in [0.1, 0.15) is 44.9 Å². The van der Waals surface area contributed by atoms with E-state index in [9.17, 15) is 0 Å². The van der Waals surface area contributed by atoms with Gasteiger partial charge in [-0.15, -0.1) is 0 Å². The average molecular weight is 270 g/mol. The van der Waals surface area contributed by atoms with E-state index in [2.05, 4.69) is 22.2 Å². The quantitative estimate of drug-likeness (QED) is 0.851. The maximum absolute atomic E-state index is 6.00. The highest BCUT2D eigenvalue weighted by atomic mass is 35.5. The average Bonchev–Trinajstić information content (AvgIpc) is 2.28. The number of anilines is 1. The lowest BCUT2D eigenvalue weighted by Crippen LogP contribution is -2.37. The molecule has 0 atom stereocenters. The van der Waals surface area contributed by atoms with E-state index in [4.69, 9.17) is 16.3 Å². The summed E-state index contributed by atoms with van der Waals surface area (Å²) in [5, 5.41) is 3.96. The normalized spacial score (nSPS) is 18.6. The maximum Gasteiger partial charge on any atom is 0.158 e. The second-order valence-electron chi connectivity index (χ2n) is 5.17. The van der Waals surface area contributed by atoms with Crippen molar-refractivity contribution in [1.29, 1.82) is 0 Å². The minimum absolute atomic E-state index is 0.125. The Morgan fingerprint density at radius 1 is 1.33 bits per heavy atom. The van der Waals surface area contributed by atoms with Crippen LogP contribution in [0.4, 0.5) is 5.82 Å². The summed E-state index contributed by atoms with van der Waals surface area (Å²) in [6.45, 7) is 2.63. The molecule has 1 N–H and O–H groups in total.